The van der Waals surface area contributed by atoms with E-state index in [4.69, 9.17) is 29.5 Å². The molecule has 0 saturated heterocycles. The van der Waals surface area contributed by atoms with Crippen LogP contribution in [0.4, 0.5) is 10.5 Å². The van der Waals surface area contributed by atoms with Crippen molar-refractivity contribution in [3.05, 3.63) is 17.2 Å². The zero-order valence-corrected chi connectivity index (χ0v) is 19.3. The van der Waals surface area contributed by atoms with Crippen LogP contribution in [0.1, 0.15) is 58.6 Å². The third-order valence-electron chi connectivity index (χ3n) is 5.03. The lowest BCUT2D eigenvalue weighted by Crippen LogP contribution is -2.52. The van der Waals surface area contributed by atoms with Gasteiger partial charge in [0.15, 0.2) is 11.5 Å². The molecule has 1 aromatic rings. The van der Waals surface area contributed by atoms with Gasteiger partial charge in [0.1, 0.15) is 16.8 Å². The van der Waals surface area contributed by atoms with Crippen molar-refractivity contribution < 1.29 is 38.2 Å². The van der Waals surface area contributed by atoms with Crippen LogP contribution in [-0.2, 0) is 35.9 Å². The summed E-state index contributed by atoms with van der Waals surface area (Å²) in [5.41, 5.74) is 5.18. The number of benzene rings is 1. The molecule has 2 aliphatic rings. The Kier molecular flexibility index (Phi) is 6.28. The smallest absolute Gasteiger partial charge is 0.448 e. The minimum absolute atomic E-state index is 0.0121. The van der Waals surface area contributed by atoms with Crippen LogP contribution in [0.5, 0.6) is 11.5 Å². The summed E-state index contributed by atoms with van der Waals surface area (Å²) >= 11 is 0. The topological polar surface area (TPSA) is 127 Å². The largest absolute Gasteiger partial charge is 0.469 e. The van der Waals surface area contributed by atoms with E-state index < -0.39 is 29.2 Å². The highest BCUT2D eigenvalue weighted by atomic mass is 16.8. The third kappa shape index (κ3) is 4.45. The van der Waals surface area contributed by atoms with E-state index in [0.29, 0.717) is 11.1 Å². The summed E-state index contributed by atoms with van der Waals surface area (Å²) in [7, 11) is 1.29. The summed E-state index contributed by atoms with van der Waals surface area (Å²) in [6.07, 6.45) is -0.496. The Bertz CT molecular complexity index is 937. The van der Waals surface area contributed by atoms with E-state index in [1.54, 1.807) is 26.8 Å². The number of amides is 1. The lowest BCUT2D eigenvalue weighted by atomic mass is 9.80. The van der Waals surface area contributed by atoms with E-state index in [0.717, 1.165) is 5.06 Å². The van der Waals surface area contributed by atoms with Gasteiger partial charge in [-0.3, -0.25) is 4.79 Å². The van der Waals surface area contributed by atoms with Gasteiger partial charge in [0.2, 0.25) is 6.79 Å². The van der Waals surface area contributed by atoms with Gasteiger partial charge in [-0.1, -0.05) is 18.9 Å². The Labute approximate surface area is 186 Å². The van der Waals surface area contributed by atoms with Gasteiger partial charge in [0.05, 0.1) is 7.11 Å². The second-order valence-corrected chi connectivity index (χ2v) is 9.30. The highest BCUT2D eigenvalue weighted by Crippen LogP contribution is 2.52. The first-order chi connectivity index (χ1) is 14.9. The van der Waals surface area contributed by atoms with Gasteiger partial charge in [-0.05, 0) is 51.2 Å². The average Bonchev–Trinajstić information content (AvgIpc) is 3.15. The molecule has 2 heterocycles. The van der Waals surface area contributed by atoms with E-state index in [1.165, 1.54) is 7.11 Å². The number of anilines is 1. The molecule has 1 unspecified atom stereocenters. The van der Waals surface area contributed by atoms with Gasteiger partial charge in [-0.25, -0.2) is 9.59 Å². The summed E-state index contributed by atoms with van der Waals surface area (Å²) in [5, 5.41) is 0.749. The fourth-order valence-electron chi connectivity index (χ4n) is 3.78. The van der Waals surface area contributed by atoms with Crippen LogP contribution in [0.2, 0.25) is 0 Å². The number of hydroxylamine groups is 1. The molecular weight excluding hydrogens is 420 g/mol. The van der Waals surface area contributed by atoms with Crippen LogP contribution in [0, 0.1) is 5.92 Å². The van der Waals surface area contributed by atoms with Crippen LogP contribution in [0.3, 0.4) is 0 Å². The van der Waals surface area contributed by atoms with Crippen molar-refractivity contribution in [3.8, 4) is 11.5 Å². The number of rotatable bonds is 5. The van der Waals surface area contributed by atoms with Crippen LogP contribution < -0.4 is 20.3 Å². The van der Waals surface area contributed by atoms with Gasteiger partial charge in [-0.15, -0.1) is 0 Å². The van der Waals surface area contributed by atoms with Crippen molar-refractivity contribution in [2.24, 2.45) is 11.7 Å². The molecule has 0 saturated carbocycles. The van der Waals surface area contributed by atoms with Crippen molar-refractivity contribution in [3.63, 3.8) is 0 Å². The quantitative estimate of drug-likeness (QED) is 0.674. The van der Waals surface area contributed by atoms with Crippen LogP contribution >= 0.6 is 0 Å². The van der Waals surface area contributed by atoms with E-state index in [1.807, 2.05) is 13.8 Å². The number of methoxy groups -OCH3 is 1. The summed E-state index contributed by atoms with van der Waals surface area (Å²) < 4.78 is 21.6. The Hall–Kier alpha value is -3.01. The third-order valence-corrected chi connectivity index (χ3v) is 5.03. The minimum atomic E-state index is -1.62. The maximum absolute atomic E-state index is 13.2. The molecule has 32 heavy (non-hydrogen) atoms. The van der Waals surface area contributed by atoms with Crippen LogP contribution in [0.25, 0.3) is 0 Å². The molecule has 0 radical (unpaired) electrons. The number of esters is 1. The predicted molar refractivity (Wildman–Crippen MR) is 113 cm³/mol. The van der Waals surface area contributed by atoms with Gasteiger partial charge in [0, 0.05) is 12.0 Å². The van der Waals surface area contributed by atoms with Crippen molar-refractivity contribution in [1.29, 1.82) is 0 Å². The fourth-order valence-corrected chi connectivity index (χ4v) is 3.78. The lowest BCUT2D eigenvalue weighted by Gasteiger charge is -2.37. The highest BCUT2D eigenvalue weighted by molar-refractivity contribution is 5.97. The molecule has 1 amide bonds. The minimum Gasteiger partial charge on any atom is -0.469 e. The molecule has 2 aliphatic heterocycles. The van der Waals surface area contributed by atoms with E-state index in [2.05, 4.69) is 0 Å². The molecule has 0 aromatic heterocycles. The number of ether oxygens (including phenoxy) is 4. The van der Waals surface area contributed by atoms with E-state index in [-0.39, 0.29) is 49.2 Å². The number of nitrogens with zero attached hydrogens (tertiary/aromatic N) is 1. The first kappa shape index (κ1) is 23.6. The van der Waals surface area contributed by atoms with Gasteiger partial charge in [-0.2, -0.15) is 0 Å². The molecule has 10 nitrogen and oxygen atoms in total. The Morgan fingerprint density at radius 2 is 1.91 bits per heavy atom. The number of hydrogen-bond donors (Lipinski definition) is 1. The number of hydrogen-bond acceptors (Lipinski definition) is 9. The highest BCUT2D eigenvalue weighted by Gasteiger charge is 2.49. The Balaban J connectivity index is 2.23. The SMILES string of the molecule is COC(=O)CCc1cc2c3c(c1N(C(=O)OC(C)(C)C)OC(=O)C2(N)CC(C)C)OCO3. The number of aryl methyl sites for hydroxylation is 1. The van der Waals surface area contributed by atoms with Gasteiger partial charge < -0.3 is 29.5 Å². The van der Waals surface area contributed by atoms with Crippen molar-refractivity contribution in [2.75, 3.05) is 19.0 Å². The maximum atomic E-state index is 13.2. The molecule has 2 N–H and O–H groups in total. The molecule has 1 aromatic carbocycles. The van der Waals surface area contributed by atoms with Crippen LogP contribution in [-0.4, -0.2) is 37.5 Å². The molecule has 3 rings (SSSR count). The lowest BCUT2D eigenvalue weighted by molar-refractivity contribution is -0.153. The fraction of sp³-hybridized carbons (Fsp3) is 0.591. The summed E-state index contributed by atoms with van der Waals surface area (Å²) in [6, 6.07) is 1.67. The molecular formula is C22H30N2O8. The second-order valence-electron chi connectivity index (χ2n) is 9.30. The summed E-state index contributed by atoms with van der Waals surface area (Å²) in [4.78, 5) is 43.7. The van der Waals surface area contributed by atoms with Crippen molar-refractivity contribution in [2.45, 2.75) is 65.0 Å². The van der Waals surface area contributed by atoms with Gasteiger partial charge >= 0.3 is 18.0 Å². The number of carbonyl (C=O) groups excluding carboxylic acids is 3. The van der Waals surface area contributed by atoms with Crippen molar-refractivity contribution in [1.82, 2.24) is 0 Å². The maximum Gasteiger partial charge on any atom is 0.448 e. The normalized spacial score (nSPS) is 19.5. The van der Waals surface area contributed by atoms with Crippen molar-refractivity contribution >= 4 is 23.7 Å². The van der Waals surface area contributed by atoms with E-state index in [9.17, 15) is 14.4 Å². The predicted octanol–water partition coefficient (Wildman–Crippen LogP) is 2.93. The monoisotopic (exact) mass is 450 g/mol. The Morgan fingerprint density at radius 3 is 2.50 bits per heavy atom. The number of nitrogens with two attached hydrogens (primary N) is 1. The summed E-state index contributed by atoms with van der Waals surface area (Å²) in [6.45, 7) is 8.77. The zero-order valence-electron chi connectivity index (χ0n) is 19.3. The Morgan fingerprint density at radius 1 is 1.25 bits per heavy atom. The second kappa shape index (κ2) is 8.50. The molecule has 0 aliphatic carbocycles. The molecule has 0 fully saturated rings. The summed E-state index contributed by atoms with van der Waals surface area (Å²) in [5.74, 6) is -0.767. The van der Waals surface area contributed by atoms with Crippen LogP contribution in [0.15, 0.2) is 6.07 Å². The van der Waals surface area contributed by atoms with Gasteiger partial charge in [0.25, 0.3) is 0 Å². The molecule has 176 valence electrons. The first-order valence-corrected chi connectivity index (χ1v) is 10.4. The van der Waals surface area contributed by atoms with E-state index >= 15 is 0 Å². The molecule has 0 spiro atoms. The first-order valence-electron chi connectivity index (χ1n) is 10.4. The zero-order chi connectivity index (χ0) is 23.8. The molecule has 2 bridgehead atoms. The molecule has 1 atom stereocenters. The standard InChI is InChI=1S/C22H30N2O8/c1-12(2)10-22(23)14-9-13(7-8-15(25)28-6)16(18-17(14)29-11-30-18)24(32-19(22)26)20(27)31-21(3,4)5/h9,12H,7-8,10-11,23H2,1-6H3. The average molecular weight is 450 g/mol. The number of carbonyl (C=O) groups is 3. The molecule has 10 heteroatoms.